The molecular formula is C18H25F2NO. The number of benzene rings is 1. The fourth-order valence-electron chi connectivity index (χ4n) is 3.42. The Labute approximate surface area is 131 Å². The van der Waals surface area contributed by atoms with E-state index in [9.17, 15) is 13.6 Å². The van der Waals surface area contributed by atoms with Gasteiger partial charge in [0.1, 0.15) is 11.6 Å². The number of hydrogen-bond donors (Lipinski definition) is 1. The van der Waals surface area contributed by atoms with E-state index in [0.717, 1.165) is 12.5 Å². The van der Waals surface area contributed by atoms with Gasteiger partial charge in [-0.15, -0.1) is 0 Å². The van der Waals surface area contributed by atoms with E-state index in [2.05, 4.69) is 5.32 Å². The summed E-state index contributed by atoms with van der Waals surface area (Å²) in [6.07, 6.45) is 6.97. The Morgan fingerprint density at radius 1 is 1.23 bits per heavy atom. The van der Waals surface area contributed by atoms with Crippen molar-refractivity contribution in [2.45, 2.75) is 51.9 Å². The second kappa shape index (κ2) is 8.25. The predicted molar refractivity (Wildman–Crippen MR) is 83.4 cm³/mol. The number of hydrogen-bond acceptors (Lipinski definition) is 1. The van der Waals surface area contributed by atoms with Gasteiger partial charge in [0.25, 0.3) is 0 Å². The first-order chi connectivity index (χ1) is 10.6. The first kappa shape index (κ1) is 16.9. The van der Waals surface area contributed by atoms with Crippen molar-refractivity contribution in [3.8, 4) is 0 Å². The Bertz CT molecular complexity index is 478. The average Bonchev–Trinajstić information content (AvgIpc) is 2.95. The number of carbonyl (C=O) groups is 1. The van der Waals surface area contributed by atoms with Gasteiger partial charge >= 0.3 is 0 Å². The number of nitrogens with one attached hydrogen (secondary N) is 1. The lowest BCUT2D eigenvalue weighted by Crippen LogP contribution is -2.32. The predicted octanol–water partition coefficient (Wildman–Crippen LogP) is 4.23. The molecule has 0 spiro atoms. The van der Waals surface area contributed by atoms with Crippen LogP contribution in [0.4, 0.5) is 8.78 Å². The molecule has 1 saturated carbocycles. The summed E-state index contributed by atoms with van der Waals surface area (Å²) in [5, 5.41) is 2.89. The van der Waals surface area contributed by atoms with Crippen molar-refractivity contribution in [1.29, 1.82) is 0 Å². The van der Waals surface area contributed by atoms with Gasteiger partial charge < -0.3 is 5.32 Å². The second-order valence-electron chi connectivity index (χ2n) is 6.29. The third-order valence-electron chi connectivity index (χ3n) is 4.52. The molecule has 0 saturated heterocycles. The highest BCUT2D eigenvalue weighted by Crippen LogP contribution is 2.32. The lowest BCUT2D eigenvalue weighted by molar-refractivity contribution is -0.125. The third-order valence-corrected chi connectivity index (χ3v) is 4.52. The number of rotatable bonds is 7. The number of carbonyl (C=O) groups excluding carboxylic acids is 1. The maximum atomic E-state index is 13.2. The monoisotopic (exact) mass is 309 g/mol. The summed E-state index contributed by atoms with van der Waals surface area (Å²) < 4.78 is 26.5. The van der Waals surface area contributed by atoms with Crippen molar-refractivity contribution in [3.63, 3.8) is 0 Å². The molecule has 2 nitrogen and oxygen atoms in total. The molecule has 0 radical (unpaired) electrons. The van der Waals surface area contributed by atoms with Gasteiger partial charge in [0.15, 0.2) is 0 Å². The van der Waals surface area contributed by atoms with Crippen molar-refractivity contribution in [2.75, 3.05) is 6.54 Å². The number of amides is 1. The molecule has 4 heteroatoms. The van der Waals surface area contributed by atoms with Crippen molar-refractivity contribution in [2.24, 2.45) is 11.8 Å². The van der Waals surface area contributed by atoms with Crippen molar-refractivity contribution in [1.82, 2.24) is 5.32 Å². The molecule has 0 bridgehead atoms. The van der Waals surface area contributed by atoms with E-state index in [1.54, 1.807) is 0 Å². The standard InChI is InChI=1S/C18H25F2NO/c1-2-21-18(22)15(9-13-5-3-4-6-13)8-7-14-10-16(19)12-17(20)11-14/h10-13,15H,2-9H2,1H3,(H,21,22). The minimum absolute atomic E-state index is 0.0608. The molecule has 2 rings (SSSR count). The first-order valence-electron chi connectivity index (χ1n) is 8.31. The normalized spacial score (nSPS) is 16.7. The van der Waals surface area contributed by atoms with Crippen LogP contribution in [-0.2, 0) is 11.2 Å². The van der Waals surface area contributed by atoms with Crippen LogP contribution in [0, 0.1) is 23.5 Å². The topological polar surface area (TPSA) is 29.1 Å². The molecule has 1 unspecified atom stereocenters. The van der Waals surface area contributed by atoms with Crippen LogP contribution >= 0.6 is 0 Å². The second-order valence-corrected chi connectivity index (χ2v) is 6.29. The van der Waals surface area contributed by atoms with Crippen LogP contribution in [0.5, 0.6) is 0 Å². The van der Waals surface area contributed by atoms with Gasteiger partial charge in [-0.1, -0.05) is 25.7 Å². The van der Waals surface area contributed by atoms with E-state index in [0.29, 0.717) is 30.9 Å². The molecule has 1 N–H and O–H groups in total. The lowest BCUT2D eigenvalue weighted by Gasteiger charge is -2.20. The molecule has 122 valence electrons. The van der Waals surface area contributed by atoms with E-state index >= 15 is 0 Å². The molecular weight excluding hydrogens is 284 g/mol. The van der Waals surface area contributed by atoms with Crippen LogP contribution in [0.1, 0.15) is 51.0 Å². The Morgan fingerprint density at radius 3 is 2.45 bits per heavy atom. The molecule has 0 aliphatic heterocycles. The van der Waals surface area contributed by atoms with Gasteiger partial charge in [0.05, 0.1) is 0 Å². The number of halogens is 2. The van der Waals surface area contributed by atoms with E-state index in [-0.39, 0.29) is 11.8 Å². The van der Waals surface area contributed by atoms with E-state index in [4.69, 9.17) is 0 Å². The van der Waals surface area contributed by atoms with E-state index in [1.165, 1.54) is 37.8 Å². The van der Waals surface area contributed by atoms with Crippen molar-refractivity contribution in [3.05, 3.63) is 35.4 Å². The van der Waals surface area contributed by atoms with Gasteiger partial charge in [-0.05, 0) is 49.8 Å². The summed E-state index contributed by atoms with van der Waals surface area (Å²) in [5.74, 6) is -0.474. The van der Waals surface area contributed by atoms with Gasteiger partial charge in [-0.3, -0.25) is 4.79 Å². The molecule has 0 aromatic heterocycles. The SMILES string of the molecule is CCNC(=O)C(CCc1cc(F)cc(F)c1)CC1CCCC1. The third kappa shape index (κ3) is 5.08. The van der Waals surface area contributed by atoms with Crippen LogP contribution in [-0.4, -0.2) is 12.5 Å². The summed E-state index contributed by atoms with van der Waals surface area (Å²) in [7, 11) is 0. The van der Waals surface area contributed by atoms with Crippen LogP contribution < -0.4 is 5.32 Å². The first-order valence-corrected chi connectivity index (χ1v) is 8.31. The Balaban J connectivity index is 1.96. The summed E-state index contributed by atoms with van der Waals surface area (Å²) in [6.45, 7) is 2.53. The van der Waals surface area contributed by atoms with Gasteiger partial charge in [-0.25, -0.2) is 8.78 Å². The highest BCUT2D eigenvalue weighted by atomic mass is 19.1. The Hall–Kier alpha value is -1.45. The smallest absolute Gasteiger partial charge is 0.223 e. The molecule has 1 amide bonds. The highest BCUT2D eigenvalue weighted by molar-refractivity contribution is 5.78. The quantitative estimate of drug-likeness (QED) is 0.802. The molecule has 1 aromatic carbocycles. The van der Waals surface area contributed by atoms with E-state index in [1.807, 2.05) is 6.92 Å². The summed E-state index contributed by atoms with van der Waals surface area (Å²) in [6, 6.07) is 3.59. The van der Waals surface area contributed by atoms with Crippen molar-refractivity contribution >= 4 is 5.91 Å². The van der Waals surface area contributed by atoms with Crippen LogP contribution in [0.2, 0.25) is 0 Å². The Morgan fingerprint density at radius 2 is 1.86 bits per heavy atom. The lowest BCUT2D eigenvalue weighted by atomic mass is 9.88. The average molecular weight is 309 g/mol. The zero-order valence-electron chi connectivity index (χ0n) is 13.2. The minimum Gasteiger partial charge on any atom is -0.356 e. The van der Waals surface area contributed by atoms with Crippen LogP contribution in [0.3, 0.4) is 0 Å². The largest absolute Gasteiger partial charge is 0.356 e. The van der Waals surface area contributed by atoms with Gasteiger partial charge in [0.2, 0.25) is 5.91 Å². The summed E-state index contributed by atoms with van der Waals surface area (Å²) >= 11 is 0. The zero-order valence-corrected chi connectivity index (χ0v) is 13.2. The molecule has 1 fully saturated rings. The molecule has 1 aromatic rings. The summed E-state index contributed by atoms with van der Waals surface area (Å²) in [4.78, 5) is 12.2. The molecule has 1 aliphatic carbocycles. The van der Waals surface area contributed by atoms with Crippen LogP contribution in [0.15, 0.2) is 18.2 Å². The Kier molecular flexibility index (Phi) is 6.34. The summed E-state index contributed by atoms with van der Waals surface area (Å²) in [5.41, 5.74) is 0.623. The van der Waals surface area contributed by atoms with Gasteiger partial charge in [0, 0.05) is 18.5 Å². The molecule has 1 aliphatic rings. The zero-order chi connectivity index (χ0) is 15.9. The maximum absolute atomic E-state index is 13.2. The van der Waals surface area contributed by atoms with Gasteiger partial charge in [-0.2, -0.15) is 0 Å². The van der Waals surface area contributed by atoms with Crippen LogP contribution in [0.25, 0.3) is 0 Å². The van der Waals surface area contributed by atoms with Crippen molar-refractivity contribution < 1.29 is 13.6 Å². The number of aryl methyl sites for hydroxylation is 1. The molecule has 1 atom stereocenters. The molecule has 0 heterocycles. The van der Waals surface area contributed by atoms with E-state index < -0.39 is 11.6 Å². The fourth-order valence-corrected chi connectivity index (χ4v) is 3.42. The minimum atomic E-state index is -0.555. The molecule has 22 heavy (non-hydrogen) atoms. The highest BCUT2D eigenvalue weighted by Gasteiger charge is 2.24. The maximum Gasteiger partial charge on any atom is 0.223 e. The fraction of sp³-hybridized carbons (Fsp3) is 0.611.